The summed E-state index contributed by atoms with van der Waals surface area (Å²) < 4.78 is 9.93. The molecule has 1 unspecified atom stereocenters. The number of carbonyl (C=O) groups is 3. The van der Waals surface area contributed by atoms with Gasteiger partial charge in [0.05, 0.1) is 5.97 Å². The standard InChI is InChI=1S/C31H42O6/c1-3-5-7-9-11-13-15-17-19-21-23-25-29(32)36-27-28(31(34)35)37-30(33)26-24-22-20-18-16-14-12-10-8-6-4-2/h28H,11-27H2,1-2H3,(H,34,35)/p-1. The highest BCUT2D eigenvalue weighted by Crippen LogP contribution is 2.11. The second-order valence-electron chi connectivity index (χ2n) is 8.58. The number of carbonyl (C=O) groups excluding carboxylic acids is 3. The van der Waals surface area contributed by atoms with Crippen molar-refractivity contribution >= 4 is 17.9 Å². The SMILES string of the molecule is CC#CC#CCCCCCCCCC(=O)OCC(OC(=O)CCCCCCCCC#CC#CC)C(=O)[O-]. The topological polar surface area (TPSA) is 92.7 Å². The number of ether oxygens (including phenoxy) is 2. The zero-order valence-electron chi connectivity index (χ0n) is 22.5. The first-order valence-corrected chi connectivity index (χ1v) is 13.4. The molecule has 0 aromatic carbocycles. The lowest BCUT2D eigenvalue weighted by Gasteiger charge is -2.18. The first kappa shape index (κ1) is 33.7. The van der Waals surface area contributed by atoms with Crippen LogP contribution >= 0.6 is 0 Å². The second kappa shape index (κ2) is 25.7. The van der Waals surface area contributed by atoms with Gasteiger partial charge in [0.15, 0.2) is 6.10 Å². The summed E-state index contributed by atoms with van der Waals surface area (Å²) in [6.45, 7) is 2.99. The molecule has 0 radical (unpaired) electrons. The van der Waals surface area contributed by atoms with Crippen LogP contribution in [0.1, 0.15) is 117 Å². The minimum atomic E-state index is -1.58. The summed E-state index contributed by atoms with van der Waals surface area (Å²) in [6.07, 6.45) is 11.8. The average molecular weight is 510 g/mol. The Bertz CT molecular complexity index is 904. The quantitative estimate of drug-likeness (QED) is 0.136. The van der Waals surface area contributed by atoms with Crippen LogP contribution in [-0.2, 0) is 23.9 Å². The first-order valence-electron chi connectivity index (χ1n) is 13.4. The van der Waals surface area contributed by atoms with Crippen molar-refractivity contribution < 1.29 is 29.0 Å². The van der Waals surface area contributed by atoms with Crippen molar-refractivity contribution in [3.8, 4) is 47.4 Å². The molecule has 37 heavy (non-hydrogen) atoms. The summed E-state index contributed by atoms with van der Waals surface area (Å²) in [7, 11) is 0. The average Bonchev–Trinajstić information content (AvgIpc) is 2.88. The third-order valence-corrected chi connectivity index (χ3v) is 5.35. The van der Waals surface area contributed by atoms with Gasteiger partial charge in [0.2, 0.25) is 0 Å². The van der Waals surface area contributed by atoms with E-state index in [1.54, 1.807) is 13.8 Å². The number of carboxylic acid groups (broad SMARTS) is 1. The number of unbranched alkanes of at least 4 members (excludes halogenated alkanes) is 12. The van der Waals surface area contributed by atoms with E-state index >= 15 is 0 Å². The minimum Gasteiger partial charge on any atom is -0.546 e. The van der Waals surface area contributed by atoms with E-state index in [9.17, 15) is 19.5 Å². The Morgan fingerprint density at radius 2 is 1.05 bits per heavy atom. The molecule has 0 aliphatic rings. The first-order chi connectivity index (χ1) is 18.0. The van der Waals surface area contributed by atoms with Gasteiger partial charge < -0.3 is 19.4 Å². The molecule has 0 aliphatic carbocycles. The molecule has 0 saturated carbocycles. The number of carboxylic acids is 1. The van der Waals surface area contributed by atoms with Gasteiger partial charge in [-0.15, -0.1) is 0 Å². The molecule has 1 atom stereocenters. The van der Waals surface area contributed by atoms with Crippen LogP contribution in [-0.4, -0.2) is 30.6 Å². The maximum atomic E-state index is 12.0. The Hall–Kier alpha value is -3.35. The highest BCUT2D eigenvalue weighted by atomic mass is 16.6. The molecule has 0 heterocycles. The molecule has 0 N–H and O–H groups in total. The van der Waals surface area contributed by atoms with Gasteiger partial charge in [-0.1, -0.05) is 75.0 Å². The molecule has 0 aliphatic heterocycles. The van der Waals surface area contributed by atoms with E-state index in [2.05, 4.69) is 47.4 Å². The zero-order valence-corrected chi connectivity index (χ0v) is 22.5. The van der Waals surface area contributed by atoms with E-state index in [0.29, 0.717) is 12.8 Å². The molecule has 0 amide bonds. The lowest BCUT2D eigenvalue weighted by atomic mass is 10.1. The molecule has 0 fully saturated rings. The van der Waals surface area contributed by atoms with Crippen molar-refractivity contribution in [2.24, 2.45) is 0 Å². The van der Waals surface area contributed by atoms with Gasteiger partial charge in [0.1, 0.15) is 6.61 Å². The van der Waals surface area contributed by atoms with Crippen LogP contribution in [0.5, 0.6) is 0 Å². The van der Waals surface area contributed by atoms with Gasteiger partial charge in [0.25, 0.3) is 0 Å². The molecule has 6 nitrogen and oxygen atoms in total. The third-order valence-electron chi connectivity index (χ3n) is 5.35. The van der Waals surface area contributed by atoms with Crippen molar-refractivity contribution in [2.45, 2.75) is 123 Å². The summed E-state index contributed by atoms with van der Waals surface area (Å²) in [5.74, 6) is 19.8. The van der Waals surface area contributed by atoms with Crippen molar-refractivity contribution in [3.63, 3.8) is 0 Å². The van der Waals surface area contributed by atoms with Crippen LogP contribution in [0.4, 0.5) is 0 Å². The lowest BCUT2D eigenvalue weighted by molar-refractivity contribution is -0.316. The fourth-order valence-electron chi connectivity index (χ4n) is 3.33. The summed E-state index contributed by atoms with van der Waals surface area (Å²) in [5.41, 5.74) is 0. The van der Waals surface area contributed by atoms with E-state index in [-0.39, 0.29) is 12.8 Å². The lowest BCUT2D eigenvalue weighted by Crippen LogP contribution is -2.42. The highest BCUT2D eigenvalue weighted by molar-refractivity contribution is 5.77. The molecule has 0 bridgehead atoms. The third kappa shape index (κ3) is 24.1. The molecule has 0 saturated heterocycles. The molecule has 0 rings (SSSR count). The van der Waals surface area contributed by atoms with Gasteiger partial charge in [0, 0.05) is 25.7 Å². The second-order valence-corrected chi connectivity index (χ2v) is 8.58. The summed E-state index contributed by atoms with van der Waals surface area (Å²) in [6, 6.07) is 0. The normalized spacial score (nSPS) is 10.1. The van der Waals surface area contributed by atoms with Gasteiger partial charge in [-0.3, -0.25) is 9.59 Å². The van der Waals surface area contributed by atoms with Gasteiger partial charge in [-0.25, -0.2) is 0 Å². The molecule has 0 aromatic rings. The van der Waals surface area contributed by atoms with Gasteiger partial charge in [-0.05, 0) is 63.2 Å². The monoisotopic (exact) mass is 509 g/mol. The predicted molar refractivity (Wildman–Crippen MR) is 142 cm³/mol. The van der Waals surface area contributed by atoms with Crippen LogP contribution in [0.3, 0.4) is 0 Å². The van der Waals surface area contributed by atoms with Crippen LogP contribution in [0.15, 0.2) is 0 Å². The summed E-state index contributed by atoms with van der Waals surface area (Å²) in [5, 5.41) is 11.3. The number of rotatable bonds is 20. The maximum Gasteiger partial charge on any atom is 0.306 e. The Morgan fingerprint density at radius 3 is 1.51 bits per heavy atom. The number of aliphatic carboxylic acids is 1. The van der Waals surface area contributed by atoms with Crippen molar-refractivity contribution in [3.05, 3.63) is 0 Å². The van der Waals surface area contributed by atoms with Crippen molar-refractivity contribution in [2.75, 3.05) is 6.61 Å². The Morgan fingerprint density at radius 1 is 0.622 bits per heavy atom. The van der Waals surface area contributed by atoms with Crippen LogP contribution in [0.2, 0.25) is 0 Å². The van der Waals surface area contributed by atoms with Crippen LogP contribution < -0.4 is 5.11 Å². The number of hydrogen-bond acceptors (Lipinski definition) is 6. The molecule has 0 spiro atoms. The largest absolute Gasteiger partial charge is 0.546 e. The smallest absolute Gasteiger partial charge is 0.306 e. The molecule has 0 aromatic heterocycles. The van der Waals surface area contributed by atoms with E-state index in [0.717, 1.165) is 77.0 Å². The van der Waals surface area contributed by atoms with Gasteiger partial charge in [-0.2, -0.15) is 0 Å². The van der Waals surface area contributed by atoms with Gasteiger partial charge >= 0.3 is 11.9 Å². The maximum absolute atomic E-state index is 12.0. The van der Waals surface area contributed by atoms with E-state index < -0.39 is 30.6 Å². The molecule has 202 valence electrons. The highest BCUT2D eigenvalue weighted by Gasteiger charge is 2.18. The fraction of sp³-hybridized carbons (Fsp3) is 0.645. The number of hydrogen-bond donors (Lipinski definition) is 0. The predicted octanol–water partition coefficient (Wildman–Crippen LogP) is 4.49. The van der Waals surface area contributed by atoms with E-state index in [1.807, 2.05) is 0 Å². The minimum absolute atomic E-state index is 0.123. The van der Waals surface area contributed by atoms with E-state index in [4.69, 9.17) is 9.47 Å². The Labute approximate surface area is 223 Å². The zero-order chi connectivity index (χ0) is 27.4. The Kier molecular flexibility index (Phi) is 23.4. The summed E-state index contributed by atoms with van der Waals surface area (Å²) >= 11 is 0. The molecular weight excluding hydrogens is 468 g/mol. The Balaban J connectivity index is 3.83. The van der Waals surface area contributed by atoms with E-state index in [1.165, 1.54) is 0 Å². The fourth-order valence-corrected chi connectivity index (χ4v) is 3.33. The molecule has 6 heteroatoms. The number of esters is 2. The van der Waals surface area contributed by atoms with Crippen molar-refractivity contribution in [1.82, 2.24) is 0 Å². The van der Waals surface area contributed by atoms with Crippen molar-refractivity contribution in [1.29, 1.82) is 0 Å². The summed E-state index contributed by atoms with van der Waals surface area (Å²) in [4.78, 5) is 35.1. The van der Waals surface area contributed by atoms with Crippen LogP contribution in [0, 0.1) is 47.4 Å². The molecular formula is C31H41O6-. The van der Waals surface area contributed by atoms with Crippen LogP contribution in [0.25, 0.3) is 0 Å².